The molecule has 0 fully saturated rings. The molecular formula is C20H23N7O3. The molecule has 0 saturated heterocycles. The van der Waals surface area contributed by atoms with Crippen LogP contribution in [0.4, 0.5) is 10.7 Å². The van der Waals surface area contributed by atoms with Gasteiger partial charge in [-0.05, 0) is 16.6 Å². The summed E-state index contributed by atoms with van der Waals surface area (Å²) >= 11 is 0. The van der Waals surface area contributed by atoms with Gasteiger partial charge in [-0.15, -0.1) is 0 Å². The maximum absolute atomic E-state index is 11.7. The van der Waals surface area contributed by atoms with Gasteiger partial charge in [0.15, 0.2) is 5.69 Å². The molecule has 10 heteroatoms. The lowest BCUT2D eigenvalue weighted by Crippen LogP contribution is -2.37. The number of fused-ring (bicyclic) bond motifs is 1. The molecule has 4 aromatic rings. The summed E-state index contributed by atoms with van der Waals surface area (Å²) in [6, 6.07) is 7.75. The third-order valence-electron chi connectivity index (χ3n) is 4.51. The molecule has 0 spiro atoms. The number of aromatic nitrogens is 6. The first-order valence-electron chi connectivity index (χ1n) is 9.58. The van der Waals surface area contributed by atoms with Crippen LogP contribution in [0.1, 0.15) is 20.8 Å². The van der Waals surface area contributed by atoms with E-state index in [4.69, 9.17) is 4.52 Å². The second-order valence-electron chi connectivity index (χ2n) is 8.22. The summed E-state index contributed by atoms with van der Waals surface area (Å²) in [5.41, 5.74) is 1.19. The molecule has 0 radical (unpaired) electrons. The third-order valence-corrected chi connectivity index (χ3v) is 4.51. The van der Waals surface area contributed by atoms with E-state index in [1.54, 1.807) is 12.5 Å². The van der Waals surface area contributed by atoms with E-state index in [-0.39, 0.29) is 23.8 Å². The molecule has 30 heavy (non-hydrogen) atoms. The van der Waals surface area contributed by atoms with E-state index in [1.165, 1.54) is 0 Å². The molecule has 1 amide bonds. The van der Waals surface area contributed by atoms with Crippen molar-refractivity contribution in [3.8, 4) is 11.6 Å². The first kappa shape index (κ1) is 19.6. The number of amides is 1. The largest absolute Gasteiger partial charge is 0.465 e. The molecule has 4 rings (SSSR count). The normalized spacial score (nSPS) is 11.8. The molecule has 3 aromatic heterocycles. The van der Waals surface area contributed by atoms with Crippen molar-refractivity contribution in [1.82, 2.24) is 29.5 Å². The van der Waals surface area contributed by atoms with Crippen molar-refractivity contribution in [3.05, 3.63) is 43.0 Å². The minimum atomic E-state index is -1.13. The summed E-state index contributed by atoms with van der Waals surface area (Å²) in [4.78, 5) is 21.2. The zero-order chi connectivity index (χ0) is 21.3. The summed E-state index contributed by atoms with van der Waals surface area (Å²) in [6.07, 6.45) is 4.25. The SMILES string of the molecule is CC(C)(C)CN(C(=O)O)c1noc(-c2nn(CCn3ccnc3)c3ccccc23)n1. The van der Waals surface area contributed by atoms with Crippen molar-refractivity contribution in [3.63, 3.8) is 0 Å². The van der Waals surface area contributed by atoms with E-state index in [0.717, 1.165) is 15.8 Å². The summed E-state index contributed by atoms with van der Waals surface area (Å²) in [7, 11) is 0. The number of rotatable bonds is 6. The van der Waals surface area contributed by atoms with Crippen LogP contribution in [0, 0.1) is 5.41 Å². The maximum atomic E-state index is 11.7. The Morgan fingerprint density at radius 1 is 1.23 bits per heavy atom. The van der Waals surface area contributed by atoms with Crippen LogP contribution in [-0.4, -0.2) is 47.2 Å². The molecule has 0 atom stereocenters. The predicted octanol–water partition coefficient (Wildman–Crippen LogP) is 3.51. The number of benzene rings is 1. The minimum Gasteiger partial charge on any atom is -0.465 e. The van der Waals surface area contributed by atoms with Gasteiger partial charge in [-0.1, -0.05) is 39.0 Å². The predicted molar refractivity (Wildman–Crippen MR) is 110 cm³/mol. The summed E-state index contributed by atoms with van der Waals surface area (Å²) < 4.78 is 9.26. The van der Waals surface area contributed by atoms with Gasteiger partial charge >= 0.3 is 6.09 Å². The summed E-state index contributed by atoms with van der Waals surface area (Å²) in [5, 5.41) is 19.0. The molecule has 0 aliphatic carbocycles. The van der Waals surface area contributed by atoms with E-state index >= 15 is 0 Å². The van der Waals surface area contributed by atoms with E-state index in [0.29, 0.717) is 18.8 Å². The number of para-hydroxylation sites is 1. The van der Waals surface area contributed by atoms with Crippen molar-refractivity contribution in [2.75, 3.05) is 11.4 Å². The van der Waals surface area contributed by atoms with Gasteiger partial charge in [0.25, 0.3) is 11.8 Å². The van der Waals surface area contributed by atoms with Gasteiger partial charge < -0.3 is 14.2 Å². The van der Waals surface area contributed by atoms with Crippen molar-refractivity contribution in [2.24, 2.45) is 5.41 Å². The summed E-state index contributed by atoms with van der Waals surface area (Å²) in [5.74, 6) is 0.187. The Labute approximate surface area is 172 Å². The molecule has 0 aliphatic rings. The molecular weight excluding hydrogens is 386 g/mol. The third kappa shape index (κ3) is 4.02. The number of anilines is 1. The smallest absolute Gasteiger partial charge is 0.414 e. The fourth-order valence-corrected chi connectivity index (χ4v) is 3.20. The van der Waals surface area contributed by atoms with Crippen LogP contribution in [-0.2, 0) is 13.1 Å². The van der Waals surface area contributed by atoms with Crippen molar-refractivity contribution in [1.29, 1.82) is 0 Å². The number of hydrogen-bond donors (Lipinski definition) is 1. The summed E-state index contributed by atoms with van der Waals surface area (Å²) in [6.45, 7) is 7.40. The van der Waals surface area contributed by atoms with Crippen LogP contribution < -0.4 is 4.90 Å². The van der Waals surface area contributed by atoms with Gasteiger partial charge in [-0.25, -0.2) is 14.7 Å². The van der Waals surface area contributed by atoms with Crippen LogP contribution in [0.15, 0.2) is 47.5 Å². The number of imidazole rings is 1. The van der Waals surface area contributed by atoms with Gasteiger partial charge in [-0.2, -0.15) is 10.1 Å². The van der Waals surface area contributed by atoms with E-state index in [9.17, 15) is 9.90 Å². The highest BCUT2D eigenvalue weighted by molar-refractivity contribution is 5.91. The molecule has 0 unspecified atom stereocenters. The van der Waals surface area contributed by atoms with Gasteiger partial charge in [0, 0.05) is 30.9 Å². The molecule has 3 heterocycles. The van der Waals surface area contributed by atoms with Crippen LogP contribution in [0.2, 0.25) is 0 Å². The Balaban J connectivity index is 1.67. The zero-order valence-corrected chi connectivity index (χ0v) is 17.1. The monoisotopic (exact) mass is 409 g/mol. The average molecular weight is 409 g/mol. The zero-order valence-electron chi connectivity index (χ0n) is 17.1. The lowest BCUT2D eigenvalue weighted by atomic mass is 9.96. The highest BCUT2D eigenvalue weighted by atomic mass is 16.5. The first-order chi connectivity index (χ1) is 14.3. The van der Waals surface area contributed by atoms with Gasteiger partial charge in [-0.3, -0.25) is 4.68 Å². The Morgan fingerprint density at radius 2 is 2.03 bits per heavy atom. The van der Waals surface area contributed by atoms with Crippen molar-refractivity contribution >= 4 is 22.9 Å². The van der Waals surface area contributed by atoms with Crippen LogP contribution in [0.3, 0.4) is 0 Å². The lowest BCUT2D eigenvalue weighted by molar-refractivity contribution is 0.197. The standard InChI is InChI=1S/C20H23N7O3/c1-20(2,3)12-26(19(28)29)18-22-17(30-24-18)16-14-6-4-5-7-15(14)27(23-16)11-10-25-9-8-21-13-25/h4-9,13H,10-12H2,1-3H3,(H,28,29). The maximum Gasteiger partial charge on any atom is 0.414 e. The number of hydrogen-bond acceptors (Lipinski definition) is 6. The Bertz CT molecular complexity index is 1150. The van der Waals surface area contributed by atoms with Crippen LogP contribution >= 0.6 is 0 Å². The van der Waals surface area contributed by atoms with Crippen molar-refractivity contribution in [2.45, 2.75) is 33.9 Å². The van der Waals surface area contributed by atoms with Crippen LogP contribution in [0.5, 0.6) is 0 Å². The minimum absolute atomic E-state index is 0.00414. The molecule has 1 N–H and O–H groups in total. The molecule has 0 aliphatic heterocycles. The second kappa shape index (κ2) is 7.62. The number of aryl methyl sites for hydroxylation is 2. The Kier molecular flexibility index (Phi) is 4.98. The molecule has 10 nitrogen and oxygen atoms in total. The molecule has 0 saturated carbocycles. The lowest BCUT2D eigenvalue weighted by Gasteiger charge is -2.24. The van der Waals surface area contributed by atoms with E-state index in [2.05, 4.69) is 20.2 Å². The second-order valence-corrected chi connectivity index (χ2v) is 8.22. The number of carboxylic acid groups (broad SMARTS) is 1. The first-order valence-corrected chi connectivity index (χ1v) is 9.58. The van der Waals surface area contributed by atoms with Gasteiger partial charge in [0.1, 0.15) is 0 Å². The molecule has 0 bridgehead atoms. The van der Waals surface area contributed by atoms with Gasteiger partial charge in [0.2, 0.25) is 0 Å². The molecule has 1 aromatic carbocycles. The van der Waals surface area contributed by atoms with Crippen molar-refractivity contribution < 1.29 is 14.4 Å². The van der Waals surface area contributed by atoms with Crippen LogP contribution in [0.25, 0.3) is 22.5 Å². The quantitative estimate of drug-likeness (QED) is 0.518. The fraction of sp³-hybridized carbons (Fsp3) is 0.350. The number of nitrogens with zero attached hydrogens (tertiary/aromatic N) is 7. The van der Waals surface area contributed by atoms with Gasteiger partial charge in [0.05, 0.1) is 18.4 Å². The Morgan fingerprint density at radius 3 is 2.73 bits per heavy atom. The highest BCUT2D eigenvalue weighted by Crippen LogP contribution is 2.29. The average Bonchev–Trinajstić information content (AvgIpc) is 3.43. The van der Waals surface area contributed by atoms with E-state index < -0.39 is 6.09 Å². The topological polar surface area (TPSA) is 115 Å². The fourth-order valence-electron chi connectivity index (χ4n) is 3.20. The number of carbonyl (C=O) groups is 1. The highest BCUT2D eigenvalue weighted by Gasteiger charge is 2.27. The van der Waals surface area contributed by atoms with E-state index in [1.807, 2.05) is 60.5 Å². The Hall–Kier alpha value is -3.69. The molecule has 156 valence electrons.